The van der Waals surface area contributed by atoms with Crippen molar-refractivity contribution in [1.82, 2.24) is 0 Å². The molecule has 0 amide bonds. The van der Waals surface area contributed by atoms with Crippen molar-refractivity contribution in [2.24, 2.45) is 0 Å². The summed E-state index contributed by atoms with van der Waals surface area (Å²) in [6.45, 7) is 4.26. The Hall–Kier alpha value is 0.870. The van der Waals surface area contributed by atoms with Crippen LogP contribution in [0.25, 0.3) is 0 Å². The SMILES string of the molecule is CCCCCCCCCCCCCCC(CCCC(O)CCC)S(=O)(=O)[O-].[Na+]. The standard InChI is InChI=1S/C22H46O4S.Na/c1-3-5-6-7-8-9-10-11-12-13-14-15-19-22(27(24,25)26)20-16-18-21(23)17-4-2;/h21-23H,3-20H2,1-2H3,(H,24,25,26);/q;+1/p-1. The Morgan fingerprint density at radius 2 is 1.07 bits per heavy atom. The Bertz CT molecular complexity index is 415. The van der Waals surface area contributed by atoms with Crippen molar-refractivity contribution in [3.63, 3.8) is 0 Å². The number of rotatable bonds is 20. The molecule has 0 aliphatic rings. The number of hydrogen-bond donors (Lipinski definition) is 1. The van der Waals surface area contributed by atoms with Crippen LogP contribution in [0.2, 0.25) is 0 Å². The Morgan fingerprint density at radius 3 is 1.50 bits per heavy atom. The molecule has 1 N–H and O–H groups in total. The molecule has 0 aromatic rings. The summed E-state index contributed by atoms with van der Waals surface area (Å²) in [5.41, 5.74) is 0. The minimum atomic E-state index is -4.22. The molecule has 0 saturated heterocycles. The van der Waals surface area contributed by atoms with Gasteiger partial charge in [0.1, 0.15) is 0 Å². The van der Waals surface area contributed by atoms with E-state index in [1.807, 2.05) is 6.92 Å². The second kappa shape index (κ2) is 21.1. The molecule has 6 heteroatoms. The zero-order valence-electron chi connectivity index (χ0n) is 19.0. The third-order valence-electron chi connectivity index (χ3n) is 5.47. The number of aliphatic hydroxyl groups excluding tert-OH is 1. The van der Waals surface area contributed by atoms with Crippen molar-refractivity contribution in [3.05, 3.63) is 0 Å². The van der Waals surface area contributed by atoms with E-state index in [4.69, 9.17) is 0 Å². The summed E-state index contributed by atoms with van der Waals surface area (Å²) in [7, 11) is -4.22. The van der Waals surface area contributed by atoms with Gasteiger partial charge in [-0.15, -0.1) is 0 Å². The molecule has 4 nitrogen and oxygen atoms in total. The molecule has 0 aliphatic carbocycles. The van der Waals surface area contributed by atoms with Gasteiger partial charge in [-0.2, -0.15) is 0 Å². The summed E-state index contributed by atoms with van der Waals surface area (Å²) in [5.74, 6) is 0. The molecule has 0 heterocycles. The Kier molecular flexibility index (Phi) is 23.4. The first-order valence-corrected chi connectivity index (χ1v) is 13.0. The van der Waals surface area contributed by atoms with Gasteiger partial charge in [0, 0.05) is 5.25 Å². The monoisotopic (exact) mass is 428 g/mol. The molecule has 2 atom stereocenters. The normalized spacial score (nSPS) is 13.9. The van der Waals surface area contributed by atoms with Gasteiger partial charge in [0.05, 0.1) is 16.2 Å². The van der Waals surface area contributed by atoms with E-state index >= 15 is 0 Å². The maximum atomic E-state index is 11.4. The molecule has 0 rings (SSSR count). The molecule has 2 unspecified atom stereocenters. The van der Waals surface area contributed by atoms with Crippen molar-refractivity contribution in [2.75, 3.05) is 0 Å². The average molecular weight is 429 g/mol. The molecular weight excluding hydrogens is 383 g/mol. The van der Waals surface area contributed by atoms with Gasteiger partial charge in [-0.1, -0.05) is 97.3 Å². The zero-order chi connectivity index (χ0) is 20.4. The number of hydrogen-bond acceptors (Lipinski definition) is 4. The zero-order valence-corrected chi connectivity index (χ0v) is 21.8. The fraction of sp³-hybridized carbons (Fsp3) is 1.00. The van der Waals surface area contributed by atoms with E-state index in [-0.39, 0.29) is 35.7 Å². The summed E-state index contributed by atoms with van der Waals surface area (Å²) >= 11 is 0. The van der Waals surface area contributed by atoms with Crippen molar-refractivity contribution in [1.29, 1.82) is 0 Å². The Morgan fingerprint density at radius 1 is 0.643 bits per heavy atom. The molecule has 0 aliphatic heterocycles. The average Bonchev–Trinajstić information content (AvgIpc) is 2.60. The van der Waals surface area contributed by atoms with Crippen LogP contribution in [0.4, 0.5) is 0 Å². The third kappa shape index (κ3) is 20.2. The summed E-state index contributed by atoms with van der Waals surface area (Å²) in [6.07, 6.45) is 18.2. The smallest absolute Gasteiger partial charge is 0.748 e. The van der Waals surface area contributed by atoms with Gasteiger partial charge >= 0.3 is 29.6 Å². The van der Waals surface area contributed by atoms with Crippen molar-refractivity contribution in [3.8, 4) is 0 Å². The summed E-state index contributed by atoms with van der Waals surface area (Å²) in [5, 5.41) is 8.96. The van der Waals surface area contributed by atoms with Crippen LogP contribution >= 0.6 is 0 Å². The summed E-state index contributed by atoms with van der Waals surface area (Å²) in [6, 6.07) is 0. The molecule has 0 aromatic heterocycles. The minimum absolute atomic E-state index is 0. The van der Waals surface area contributed by atoms with Crippen molar-refractivity contribution in [2.45, 2.75) is 141 Å². The fourth-order valence-corrected chi connectivity index (χ4v) is 4.62. The van der Waals surface area contributed by atoms with E-state index in [1.165, 1.54) is 57.8 Å². The third-order valence-corrected chi connectivity index (χ3v) is 6.76. The molecular formula is C22H45NaO4S. The van der Waals surface area contributed by atoms with Crippen LogP contribution in [-0.4, -0.2) is 29.4 Å². The van der Waals surface area contributed by atoms with Gasteiger partial charge in [0.2, 0.25) is 0 Å². The van der Waals surface area contributed by atoms with Crippen LogP contribution in [0.15, 0.2) is 0 Å². The Labute approximate surface area is 197 Å². The van der Waals surface area contributed by atoms with Gasteiger partial charge in [-0.05, 0) is 32.1 Å². The quantitative estimate of drug-likeness (QED) is 0.183. The first-order valence-electron chi connectivity index (χ1n) is 11.5. The molecule has 0 aromatic carbocycles. The van der Waals surface area contributed by atoms with Gasteiger partial charge in [0.15, 0.2) is 0 Å². The number of aliphatic hydroxyl groups is 1. The van der Waals surface area contributed by atoms with Crippen LogP contribution in [-0.2, 0) is 10.1 Å². The van der Waals surface area contributed by atoms with Crippen LogP contribution in [0.1, 0.15) is 129 Å². The van der Waals surface area contributed by atoms with E-state index < -0.39 is 15.4 Å². The molecule has 164 valence electrons. The largest absolute Gasteiger partial charge is 1.00 e. The first kappa shape index (κ1) is 31.1. The summed E-state index contributed by atoms with van der Waals surface area (Å²) < 4.78 is 34.3. The van der Waals surface area contributed by atoms with Crippen molar-refractivity contribution >= 4 is 10.1 Å². The van der Waals surface area contributed by atoms with Crippen LogP contribution in [0.5, 0.6) is 0 Å². The second-order valence-electron chi connectivity index (χ2n) is 8.17. The number of unbranched alkanes of at least 4 members (excludes halogenated alkanes) is 11. The van der Waals surface area contributed by atoms with E-state index in [9.17, 15) is 18.1 Å². The molecule has 28 heavy (non-hydrogen) atoms. The van der Waals surface area contributed by atoms with Gasteiger partial charge in [-0.3, -0.25) is 0 Å². The van der Waals surface area contributed by atoms with Gasteiger partial charge < -0.3 is 9.66 Å². The van der Waals surface area contributed by atoms with E-state index in [0.717, 1.165) is 32.1 Å². The topological polar surface area (TPSA) is 77.4 Å². The summed E-state index contributed by atoms with van der Waals surface area (Å²) in [4.78, 5) is 0. The van der Waals surface area contributed by atoms with Crippen LogP contribution in [0, 0.1) is 0 Å². The second-order valence-corrected chi connectivity index (χ2v) is 9.82. The predicted octanol–water partition coefficient (Wildman–Crippen LogP) is 3.33. The fourth-order valence-electron chi connectivity index (χ4n) is 3.70. The van der Waals surface area contributed by atoms with E-state index in [1.54, 1.807) is 0 Å². The van der Waals surface area contributed by atoms with E-state index in [0.29, 0.717) is 25.7 Å². The first-order chi connectivity index (χ1) is 12.9. The maximum absolute atomic E-state index is 11.4. The molecule has 0 fully saturated rings. The van der Waals surface area contributed by atoms with Gasteiger partial charge in [-0.25, -0.2) is 8.42 Å². The molecule has 0 spiro atoms. The van der Waals surface area contributed by atoms with Crippen molar-refractivity contribution < 1.29 is 47.6 Å². The Balaban J connectivity index is 0. The molecule has 0 saturated carbocycles. The van der Waals surface area contributed by atoms with Crippen LogP contribution in [0.3, 0.4) is 0 Å². The molecule has 0 bridgehead atoms. The van der Waals surface area contributed by atoms with E-state index in [2.05, 4.69) is 6.92 Å². The molecule has 0 radical (unpaired) electrons. The minimum Gasteiger partial charge on any atom is -0.748 e. The van der Waals surface area contributed by atoms with Gasteiger partial charge in [0.25, 0.3) is 0 Å². The maximum Gasteiger partial charge on any atom is 1.00 e. The predicted molar refractivity (Wildman–Crippen MR) is 114 cm³/mol. The van der Waals surface area contributed by atoms with Crippen LogP contribution < -0.4 is 29.6 Å².